The van der Waals surface area contributed by atoms with Crippen LogP contribution in [0.15, 0.2) is 30.3 Å². The molecule has 1 rings (SSSR count). The summed E-state index contributed by atoms with van der Waals surface area (Å²) in [6, 6.07) is 8.43. The van der Waals surface area contributed by atoms with E-state index >= 15 is 0 Å². The topological polar surface area (TPSA) is 86.5 Å². The van der Waals surface area contributed by atoms with Crippen LogP contribution in [-0.4, -0.2) is 18.0 Å². The Balaban J connectivity index is 2.85. The van der Waals surface area contributed by atoms with Gasteiger partial charge < -0.3 is 10.5 Å². The maximum Gasteiger partial charge on any atom is 0.308 e. The van der Waals surface area contributed by atoms with Crippen molar-refractivity contribution in [3.8, 4) is 0 Å². The molecule has 0 saturated carbocycles. The lowest BCUT2D eigenvalue weighted by molar-refractivity contribution is -0.153. The van der Waals surface area contributed by atoms with Crippen molar-refractivity contribution in [2.24, 2.45) is 5.73 Å². The van der Waals surface area contributed by atoms with E-state index in [2.05, 4.69) is 0 Å². The van der Waals surface area contributed by atoms with Gasteiger partial charge in [0.05, 0.1) is 6.42 Å². The molecular formula is C11H12NO4P. The summed E-state index contributed by atoms with van der Waals surface area (Å²) >= 11 is 0. The molecule has 0 saturated heterocycles. The van der Waals surface area contributed by atoms with Crippen LogP contribution in [0.3, 0.4) is 0 Å². The fourth-order valence-electron chi connectivity index (χ4n) is 1.24. The maximum atomic E-state index is 11.4. The van der Waals surface area contributed by atoms with Crippen LogP contribution in [0.25, 0.3) is 0 Å². The van der Waals surface area contributed by atoms with Gasteiger partial charge >= 0.3 is 5.97 Å². The molecule has 0 spiro atoms. The van der Waals surface area contributed by atoms with Gasteiger partial charge in [0.15, 0.2) is 6.10 Å². The smallest absolute Gasteiger partial charge is 0.308 e. The van der Waals surface area contributed by atoms with Crippen LogP contribution in [-0.2, 0) is 18.9 Å². The average molecular weight is 253 g/mol. The van der Waals surface area contributed by atoms with Crippen molar-refractivity contribution in [2.45, 2.75) is 12.5 Å². The number of carbonyl (C=O) groups is 2. The molecule has 0 amide bonds. The van der Waals surface area contributed by atoms with Crippen LogP contribution < -0.4 is 5.73 Å². The number of ether oxygens (including phenoxy) is 1. The number of esters is 1. The zero-order chi connectivity index (χ0) is 12.7. The highest BCUT2D eigenvalue weighted by atomic mass is 31.1. The summed E-state index contributed by atoms with van der Waals surface area (Å²) in [5.74, 6) is -0.585. The third-order valence-electron chi connectivity index (χ3n) is 2.01. The Bertz CT molecular complexity index is 407. The van der Waals surface area contributed by atoms with Gasteiger partial charge in [-0.1, -0.05) is 30.3 Å². The molecule has 0 bridgehead atoms. The third kappa shape index (κ3) is 4.06. The molecule has 1 atom stereocenters. The molecule has 5 nitrogen and oxygen atoms in total. The Labute approximate surface area is 100 Å². The third-order valence-corrected chi connectivity index (χ3v) is 2.43. The molecule has 1 aromatic rings. The molecule has 0 aliphatic rings. The largest absolute Gasteiger partial charge is 0.448 e. The number of benzene rings is 1. The normalized spacial score (nSPS) is 12.1. The van der Waals surface area contributed by atoms with E-state index in [1.165, 1.54) is 0 Å². The van der Waals surface area contributed by atoms with E-state index in [9.17, 15) is 14.2 Å². The van der Waals surface area contributed by atoms with Gasteiger partial charge in [0.2, 0.25) is 8.46 Å². The minimum absolute atomic E-state index is 0.0202. The second-order valence-corrected chi connectivity index (χ2v) is 3.87. The summed E-state index contributed by atoms with van der Waals surface area (Å²) < 4.78 is 15.5. The summed E-state index contributed by atoms with van der Waals surface area (Å²) in [6.45, 7) is 0.142. The first-order valence-electron chi connectivity index (χ1n) is 5.00. The first-order chi connectivity index (χ1) is 8.19. The molecule has 90 valence electrons. The average Bonchev–Trinajstić information content (AvgIpc) is 2.36. The van der Waals surface area contributed by atoms with E-state index in [-0.39, 0.29) is 13.0 Å². The molecule has 0 fully saturated rings. The fourth-order valence-corrected chi connectivity index (χ4v) is 1.54. The standard InChI is InChI=1S/C11H12NO4P/c12-7-6-9(13)16-10(11(14)17-15)8-4-2-1-3-5-8/h1-5,10H,6-7,12H2/t10-/m0/s1. The van der Waals surface area contributed by atoms with E-state index in [4.69, 9.17) is 10.5 Å². The van der Waals surface area contributed by atoms with Crippen LogP contribution in [0.4, 0.5) is 0 Å². The minimum Gasteiger partial charge on any atom is -0.448 e. The quantitative estimate of drug-likeness (QED) is 0.612. The molecule has 0 aliphatic heterocycles. The van der Waals surface area contributed by atoms with E-state index in [0.717, 1.165) is 0 Å². The Morgan fingerprint density at radius 2 is 1.94 bits per heavy atom. The molecule has 1 aromatic carbocycles. The zero-order valence-corrected chi connectivity index (χ0v) is 9.93. The number of hydrogen-bond donors (Lipinski definition) is 1. The lowest BCUT2D eigenvalue weighted by Crippen LogP contribution is -2.18. The van der Waals surface area contributed by atoms with E-state index in [1.54, 1.807) is 30.3 Å². The Kier molecular flexibility index (Phi) is 5.46. The molecule has 17 heavy (non-hydrogen) atoms. The summed E-state index contributed by atoms with van der Waals surface area (Å²) in [6.07, 6.45) is -1.11. The molecule has 0 aliphatic carbocycles. The monoisotopic (exact) mass is 253 g/mol. The van der Waals surface area contributed by atoms with Crippen molar-refractivity contribution < 1.29 is 18.9 Å². The Hall–Kier alpha value is -1.58. The van der Waals surface area contributed by atoms with Crippen molar-refractivity contribution >= 4 is 20.0 Å². The minimum atomic E-state index is -1.13. The summed E-state index contributed by atoms with van der Waals surface area (Å²) in [7, 11) is -0.684. The summed E-state index contributed by atoms with van der Waals surface area (Å²) in [5, 5.41) is 0. The first kappa shape index (κ1) is 13.5. The van der Waals surface area contributed by atoms with E-state index in [0.29, 0.717) is 5.56 Å². The Morgan fingerprint density at radius 1 is 1.29 bits per heavy atom. The van der Waals surface area contributed by atoms with Crippen LogP contribution in [0.5, 0.6) is 0 Å². The fraction of sp³-hybridized carbons (Fsp3) is 0.273. The zero-order valence-electron chi connectivity index (χ0n) is 9.04. The highest BCUT2D eigenvalue weighted by Crippen LogP contribution is 2.23. The molecule has 0 heterocycles. The molecule has 0 aromatic heterocycles. The second-order valence-electron chi connectivity index (χ2n) is 3.25. The van der Waals surface area contributed by atoms with Crippen LogP contribution >= 0.6 is 8.46 Å². The number of hydrogen-bond acceptors (Lipinski definition) is 5. The Morgan fingerprint density at radius 3 is 2.47 bits per heavy atom. The molecule has 6 heteroatoms. The van der Waals surface area contributed by atoms with Crippen LogP contribution in [0.2, 0.25) is 0 Å². The van der Waals surface area contributed by atoms with Gasteiger partial charge in [0, 0.05) is 12.1 Å². The van der Waals surface area contributed by atoms with Crippen molar-refractivity contribution in [1.29, 1.82) is 0 Å². The van der Waals surface area contributed by atoms with Gasteiger partial charge in [-0.25, -0.2) is 0 Å². The van der Waals surface area contributed by atoms with Gasteiger partial charge in [0.25, 0.3) is 5.52 Å². The predicted octanol–water partition coefficient (Wildman–Crippen LogP) is 1.44. The maximum absolute atomic E-state index is 11.4. The predicted molar refractivity (Wildman–Crippen MR) is 61.6 cm³/mol. The van der Waals surface area contributed by atoms with E-state index in [1.807, 2.05) is 0 Å². The molecule has 0 radical (unpaired) electrons. The molecular weight excluding hydrogens is 241 g/mol. The highest BCUT2D eigenvalue weighted by molar-refractivity contribution is 7.46. The van der Waals surface area contributed by atoms with Crippen molar-refractivity contribution in [2.75, 3.05) is 6.54 Å². The number of carbonyl (C=O) groups excluding carboxylic acids is 2. The van der Waals surface area contributed by atoms with Crippen molar-refractivity contribution in [3.63, 3.8) is 0 Å². The highest BCUT2D eigenvalue weighted by Gasteiger charge is 2.24. The summed E-state index contributed by atoms with van der Waals surface area (Å²) in [4.78, 5) is 22.7. The lowest BCUT2D eigenvalue weighted by atomic mass is 10.1. The van der Waals surface area contributed by atoms with Gasteiger partial charge in [-0.15, -0.1) is 0 Å². The van der Waals surface area contributed by atoms with Gasteiger partial charge in [0.1, 0.15) is 0 Å². The second kappa shape index (κ2) is 6.89. The lowest BCUT2D eigenvalue weighted by Gasteiger charge is -2.13. The SMILES string of the molecule is NCCC(=O)O[C@H](C(=O)P=O)c1ccccc1. The molecule has 0 unspecified atom stereocenters. The number of nitrogens with two attached hydrogens (primary N) is 1. The molecule has 2 N–H and O–H groups in total. The van der Waals surface area contributed by atoms with Gasteiger partial charge in [-0.05, 0) is 0 Å². The van der Waals surface area contributed by atoms with Crippen LogP contribution in [0.1, 0.15) is 18.1 Å². The van der Waals surface area contributed by atoms with Gasteiger partial charge in [-0.3, -0.25) is 14.2 Å². The first-order valence-corrected chi connectivity index (χ1v) is 5.82. The summed E-state index contributed by atoms with van der Waals surface area (Å²) in [5.41, 5.74) is 5.00. The number of rotatable bonds is 6. The van der Waals surface area contributed by atoms with Crippen molar-refractivity contribution in [1.82, 2.24) is 0 Å². The van der Waals surface area contributed by atoms with Gasteiger partial charge in [-0.2, -0.15) is 0 Å². The van der Waals surface area contributed by atoms with Crippen LogP contribution in [0, 0.1) is 0 Å². The van der Waals surface area contributed by atoms with Crippen molar-refractivity contribution in [3.05, 3.63) is 35.9 Å². The van der Waals surface area contributed by atoms with E-state index < -0.39 is 26.1 Å².